The summed E-state index contributed by atoms with van der Waals surface area (Å²) in [5.74, 6) is -1.94. The van der Waals surface area contributed by atoms with Crippen LogP contribution < -0.4 is 22.1 Å². The third-order valence-corrected chi connectivity index (χ3v) is 5.10. The van der Waals surface area contributed by atoms with E-state index in [1.165, 1.54) is 0 Å². The maximum atomic E-state index is 12.0. The SMILES string of the molecule is NCCOCCOCCOCCOCC(=O)NCCCCC(NC(=O)COCCOCCOCCOCCN)C(=O)O. The molecule has 0 heterocycles. The van der Waals surface area contributed by atoms with Crippen LogP contribution in [0.25, 0.3) is 0 Å². The molecule has 0 spiro atoms. The number of unbranched alkanes of at least 4 members (excludes halogenated alkanes) is 1. The number of nitrogens with one attached hydrogen (secondary N) is 2. The van der Waals surface area contributed by atoms with Crippen molar-refractivity contribution in [2.45, 2.75) is 25.3 Å². The van der Waals surface area contributed by atoms with E-state index in [9.17, 15) is 19.5 Å². The fourth-order valence-electron chi connectivity index (χ4n) is 3.06. The van der Waals surface area contributed by atoms with Gasteiger partial charge in [-0.2, -0.15) is 0 Å². The number of ether oxygens (including phenoxy) is 8. The Kier molecular flexibility index (Phi) is 30.4. The van der Waals surface area contributed by atoms with Gasteiger partial charge < -0.3 is 65.1 Å². The Morgan fingerprint density at radius 2 is 0.929 bits per heavy atom. The molecule has 0 saturated heterocycles. The molecule has 0 fully saturated rings. The number of carbonyl (C=O) groups excluding carboxylic acids is 2. The van der Waals surface area contributed by atoms with Gasteiger partial charge in [0.2, 0.25) is 11.8 Å². The molecule has 0 aromatic rings. The molecule has 7 N–H and O–H groups in total. The van der Waals surface area contributed by atoms with Crippen molar-refractivity contribution >= 4 is 17.8 Å². The molecule has 42 heavy (non-hydrogen) atoms. The number of rotatable bonds is 33. The molecule has 16 nitrogen and oxygen atoms in total. The lowest BCUT2D eigenvalue weighted by molar-refractivity contribution is -0.142. The van der Waals surface area contributed by atoms with E-state index in [1.54, 1.807) is 0 Å². The summed E-state index contributed by atoms with van der Waals surface area (Å²) >= 11 is 0. The molecule has 0 bridgehead atoms. The maximum Gasteiger partial charge on any atom is 0.326 e. The molecule has 0 aromatic carbocycles. The Hall–Kier alpha value is -1.99. The van der Waals surface area contributed by atoms with Gasteiger partial charge in [-0.25, -0.2) is 4.79 Å². The predicted molar refractivity (Wildman–Crippen MR) is 151 cm³/mol. The van der Waals surface area contributed by atoms with Gasteiger partial charge in [-0.15, -0.1) is 0 Å². The third-order valence-electron chi connectivity index (χ3n) is 5.10. The minimum Gasteiger partial charge on any atom is -0.480 e. The van der Waals surface area contributed by atoms with Crippen LogP contribution in [0, 0.1) is 0 Å². The van der Waals surface area contributed by atoms with Crippen LogP contribution in [0.5, 0.6) is 0 Å². The molecular formula is C26H52N4O12. The van der Waals surface area contributed by atoms with Crippen LogP contribution in [0.2, 0.25) is 0 Å². The quantitative estimate of drug-likeness (QED) is 0.0501. The highest BCUT2D eigenvalue weighted by Gasteiger charge is 2.19. The van der Waals surface area contributed by atoms with Gasteiger partial charge in [-0.1, -0.05) is 0 Å². The summed E-state index contributed by atoms with van der Waals surface area (Å²) in [6.45, 7) is 6.54. The van der Waals surface area contributed by atoms with Crippen LogP contribution in [0.15, 0.2) is 0 Å². The Labute approximate surface area is 248 Å². The zero-order valence-electron chi connectivity index (χ0n) is 24.7. The molecule has 0 saturated carbocycles. The topological polar surface area (TPSA) is 221 Å². The fourth-order valence-corrected chi connectivity index (χ4v) is 3.06. The summed E-state index contributed by atoms with van der Waals surface area (Å²) in [7, 11) is 0. The second kappa shape index (κ2) is 31.9. The second-order valence-electron chi connectivity index (χ2n) is 8.66. The molecule has 0 aliphatic heterocycles. The lowest BCUT2D eigenvalue weighted by Crippen LogP contribution is -2.42. The number of hydrogen-bond donors (Lipinski definition) is 5. The Bertz CT molecular complexity index is 648. The molecule has 248 valence electrons. The van der Waals surface area contributed by atoms with Crippen molar-refractivity contribution in [1.82, 2.24) is 10.6 Å². The smallest absolute Gasteiger partial charge is 0.326 e. The summed E-state index contributed by atoms with van der Waals surface area (Å²) in [4.78, 5) is 35.3. The van der Waals surface area contributed by atoms with Crippen molar-refractivity contribution in [2.24, 2.45) is 11.5 Å². The van der Waals surface area contributed by atoms with Gasteiger partial charge in [0.25, 0.3) is 0 Å². The first kappa shape index (κ1) is 40.0. The van der Waals surface area contributed by atoms with E-state index in [0.717, 1.165) is 0 Å². The highest BCUT2D eigenvalue weighted by molar-refractivity contribution is 5.84. The van der Waals surface area contributed by atoms with Crippen molar-refractivity contribution in [3.05, 3.63) is 0 Å². The fraction of sp³-hybridized carbons (Fsp3) is 0.885. The highest BCUT2D eigenvalue weighted by atomic mass is 16.6. The van der Waals surface area contributed by atoms with Crippen LogP contribution >= 0.6 is 0 Å². The summed E-state index contributed by atoms with van der Waals surface area (Å²) < 4.78 is 42.1. The van der Waals surface area contributed by atoms with Crippen molar-refractivity contribution in [1.29, 1.82) is 0 Å². The number of aliphatic carboxylic acids is 1. The maximum absolute atomic E-state index is 12.0. The first-order chi connectivity index (χ1) is 20.5. The highest BCUT2D eigenvalue weighted by Crippen LogP contribution is 2.01. The van der Waals surface area contributed by atoms with Crippen molar-refractivity contribution in [2.75, 3.05) is 125 Å². The lowest BCUT2D eigenvalue weighted by Gasteiger charge is -2.15. The Balaban J connectivity index is 3.62. The van der Waals surface area contributed by atoms with Crippen molar-refractivity contribution < 1.29 is 57.4 Å². The second-order valence-corrected chi connectivity index (χ2v) is 8.66. The Morgan fingerprint density at radius 1 is 0.548 bits per heavy atom. The third kappa shape index (κ3) is 29.5. The average Bonchev–Trinajstić information content (AvgIpc) is 2.97. The van der Waals surface area contributed by atoms with Crippen LogP contribution in [-0.4, -0.2) is 154 Å². The van der Waals surface area contributed by atoms with Gasteiger partial charge in [0.05, 0.1) is 92.5 Å². The molecule has 1 unspecified atom stereocenters. The number of carbonyl (C=O) groups is 3. The van der Waals surface area contributed by atoms with E-state index in [2.05, 4.69) is 10.6 Å². The van der Waals surface area contributed by atoms with E-state index < -0.39 is 17.9 Å². The van der Waals surface area contributed by atoms with Crippen molar-refractivity contribution in [3.63, 3.8) is 0 Å². The molecule has 1 atom stereocenters. The van der Waals surface area contributed by atoms with Crippen LogP contribution in [0.4, 0.5) is 0 Å². The van der Waals surface area contributed by atoms with E-state index in [1.807, 2.05) is 0 Å². The lowest BCUT2D eigenvalue weighted by atomic mass is 10.1. The van der Waals surface area contributed by atoms with Gasteiger partial charge in [0.1, 0.15) is 19.3 Å². The molecule has 0 radical (unpaired) electrons. The molecule has 0 aliphatic carbocycles. The van der Waals surface area contributed by atoms with Crippen molar-refractivity contribution in [3.8, 4) is 0 Å². The van der Waals surface area contributed by atoms with Gasteiger partial charge in [0.15, 0.2) is 0 Å². The molecule has 0 aliphatic rings. The van der Waals surface area contributed by atoms with Gasteiger partial charge in [-0.3, -0.25) is 9.59 Å². The number of nitrogens with two attached hydrogens (primary N) is 2. The number of carboxylic acids is 1. The minimum absolute atomic E-state index is 0.101. The summed E-state index contributed by atoms with van der Waals surface area (Å²) in [6.07, 6.45) is 1.25. The van der Waals surface area contributed by atoms with E-state index in [-0.39, 0.29) is 45.4 Å². The molecule has 0 aromatic heterocycles. The van der Waals surface area contributed by atoms with Gasteiger partial charge in [-0.05, 0) is 19.3 Å². The van der Waals surface area contributed by atoms with Crippen LogP contribution in [-0.2, 0) is 52.3 Å². The summed E-state index contributed by atoms with van der Waals surface area (Å²) in [5, 5.41) is 14.5. The standard InChI is InChI=1S/C26H52N4O12/c27-4-7-35-9-11-37-13-15-39-17-19-41-21-24(31)29-6-2-1-3-23(26(33)34)30-25(32)22-42-20-18-40-16-14-38-12-10-36-8-5-28/h23H,1-22,27-28H2,(H,29,31)(H,30,32)(H,33,34). The van der Waals surface area contributed by atoms with Gasteiger partial charge in [0, 0.05) is 19.6 Å². The van der Waals surface area contributed by atoms with E-state index in [4.69, 9.17) is 49.4 Å². The average molecular weight is 613 g/mol. The van der Waals surface area contributed by atoms with Crippen LogP contribution in [0.3, 0.4) is 0 Å². The zero-order chi connectivity index (χ0) is 30.9. The van der Waals surface area contributed by atoms with E-state index >= 15 is 0 Å². The molecular weight excluding hydrogens is 560 g/mol. The normalized spacial score (nSPS) is 11.9. The Morgan fingerprint density at radius 3 is 1.33 bits per heavy atom. The van der Waals surface area contributed by atoms with Gasteiger partial charge >= 0.3 is 5.97 Å². The first-order valence-corrected chi connectivity index (χ1v) is 14.3. The molecule has 16 heteroatoms. The largest absolute Gasteiger partial charge is 0.480 e. The number of hydrogen-bond acceptors (Lipinski definition) is 13. The van der Waals surface area contributed by atoms with E-state index in [0.29, 0.717) is 105 Å². The number of amides is 2. The minimum atomic E-state index is -1.14. The molecule has 2 amide bonds. The number of carboxylic acid groups (broad SMARTS) is 1. The molecule has 0 rings (SSSR count). The first-order valence-electron chi connectivity index (χ1n) is 14.3. The van der Waals surface area contributed by atoms with Crippen LogP contribution in [0.1, 0.15) is 19.3 Å². The predicted octanol–water partition coefficient (Wildman–Crippen LogP) is -2.11. The summed E-state index contributed by atoms with van der Waals surface area (Å²) in [5.41, 5.74) is 10.6. The zero-order valence-corrected chi connectivity index (χ0v) is 24.7. The summed E-state index contributed by atoms with van der Waals surface area (Å²) in [6, 6.07) is -1.04. The monoisotopic (exact) mass is 612 g/mol.